The summed E-state index contributed by atoms with van der Waals surface area (Å²) in [5.41, 5.74) is 5.62. The number of nitrogens with two attached hydrogens (primary N) is 1. The summed E-state index contributed by atoms with van der Waals surface area (Å²) >= 11 is 12.1. The Hall–Kier alpha value is -0.650. The Morgan fingerprint density at radius 3 is 2.59 bits per heavy atom. The third-order valence-corrected chi connectivity index (χ3v) is 4.52. The first-order valence-corrected chi connectivity index (χ1v) is 7.02. The van der Waals surface area contributed by atoms with E-state index in [4.69, 9.17) is 29.6 Å². The van der Waals surface area contributed by atoms with Crippen LogP contribution in [0.15, 0.2) is 12.1 Å². The first kappa shape index (κ1) is 12.8. The molecule has 1 aromatic heterocycles. The molecule has 1 aliphatic rings. The van der Waals surface area contributed by atoms with E-state index in [-0.39, 0.29) is 11.8 Å². The van der Waals surface area contributed by atoms with E-state index in [9.17, 15) is 4.79 Å². The molecule has 1 aromatic rings. The van der Waals surface area contributed by atoms with Crippen LogP contribution in [0.1, 0.15) is 22.5 Å². The smallest absolute Gasteiger partial charge is 0.263 e. The van der Waals surface area contributed by atoms with Gasteiger partial charge in [-0.25, -0.2) is 0 Å². The summed E-state index contributed by atoms with van der Waals surface area (Å²) in [6, 6.07) is 3.52. The van der Waals surface area contributed by atoms with Gasteiger partial charge < -0.3 is 10.6 Å². The third kappa shape index (κ3) is 2.97. The molecule has 0 radical (unpaired) electrons. The van der Waals surface area contributed by atoms with Gasteiger partial charge in [0.1, 0.15) is 0 Å². The molecule has 0 bridgehead atoms. The summed E-state index contributed by atoms with van der Waals surface area (Å²) < 4.78 is 0.645. The number of carbonyl (C=O) groups is 1. The Morgan fingerprint density at radius 2 is 2.12 bits per heavy atom. The molecule has 1 fully saturated rings. The fourth-order valence-electron chi connectivity index (χ4n) is 1.95. The number of piperidine rings is 1. The van der Waals surface area contributed by atoms with Crippen LogP contribution < -0.4 is 5.73 Å². The zero-order chi connectivity index (χ0) is 12.4. The maximum atomic E-state index is 12.1. The third-order valence-electron chi connectivity index (χ3n) is 2.97. The molecule has 0 atom stereocenters. The summed E-state index contributed by atoms with van der Waals surface area (Å²) in [7, 11) is 0. The summed E-state index contributed by atoms with van der Waals surface area (Å²) in [6.45, 7) is 1.44. The standard InChI is InChI=1S/C11H13ClN2OS2/c12-9-2-1-8(17-9)11(15)14-5-3-7(4-6-14)10(13)16/h1-2,7H,3-6H2,(H2,13,16). The molecule has 1 saturated heterocycles. The summed E-state index contributed by atoms with van der Waals surface area (Å²) in [6.07, 6.45) is 1.72. The van der Waals surface area contributed by atoms with E-state index in [1.165, 1.54) is 11.3 Å². The molecule has 17 heavy (non-hydrogen) atoms. The van der Waals surface area contributed by atoms with Gasteiger partial charge in [-0.15, -0.1) is 11.3 Å². The largest absolute Gasteiger partial charge is 0.393 e. The highest BCUT2D eigenvalue weighted by atomic mass is 35.5. The fourth-order valence-corrected chi connectivity index (χ4v) is 3.20. The summed E-state index contributed by atoms with van der Waals surface area (Å²) in [5.74, 6) is 0.337. The van der Waals surface area contributed by atoms with E-state index >= 15 is 0 Å². The highest BCUT2D eigenvalue weighted by molar-refractivity contribution is 7.80. The number of carbonyl (C=O) groups excluding carboxylic acids is 1. The van der Waals surface area contributed by atoms with Gasteiger partial charge in [0.15, 0.2) is 0 Å². The van der Waals surface area contributed by atoms with E-state index in [1.807, 2.05) is 4.90 Å². The van der Waals surface area contributed by atoms with E-state index < -0.39 is 0 Å². The monoisotopic (exact) mass is 288 g/mol. The minimum atomic E-state index is 0.0586. The lowest BCUT2D eigenvalue weighted by atomic mass is 9.97. The average molecular weight is 289 g/mol. The van der Waals surface area contributed by atoms with Gasteiger partial charge in [-0.05, 0) is 25.0 Å². The highest BCUT2D eigenvalue weighted by Crippen LogP contribution is 2.25. The number of nitrogens with zero attached hydrogens (tertiary/aromatic N) is 1. The number of amides is 1. The van der Waals surface area contributed by atoms with E-state index in [0.29, 0.717) is 14.2 Å². The van der Waals surface area contributed by atoms with Gasteiger partial charge in [0.25, 0.3) is 5.91 Å². The van der Waals surface area contributed by atoms with Crippen molar-refractivity contribution >= 4 is 46.1 Å². The van der Waals surface area contributed by atoms with Gasteiger partial charge in [-0.1, -0.05) is 23.8 Å². The van der Waals surface area contributed by atoms with Crippen LogP contribution in [0.4, 0.5) is 0 Å². The first-order valence-electron chi connectivity index (χ1n) is 5.42. The normalized spacial score (nSPS) is 17.1. The Morgan fingerprint density at radius 1 is 1.47 bits per heavy atom. The van der Waals surface area contributed by atoms with Crippen molar-refractivity contribution in [1.82, 2.24) is 4.90 Å². The molecule has 2 rings (SSSR count). The van der Waals surface area contributed by atoms with E-state index in [2.05, 4.69) is 0 Å². The molecule has 92 valence electrons. The molecule has 6 heteroatoms. The molecule has 0 aliphatic carbocycles. The summed E-state index contributed by atoms with van der Waals surface area (Å²) in [5, 5.41) is 0. The van der Waals surface area contributed by atoms with Gasteiger partial charge in [0.2, 0.25) is 0 Å². The Bertz CT molecular complexity index is 438. The molecular weight excluding hydrogens is 276 g/mol. The molecule has 0 aromatic carbocycles. The molecular formula is C11H13ClN2OS2. The number of thiophene rings is 1. The Kier molecular flexibility index (Phi) is 4.01. The minimum Gasteiger partial charge on any atom is -0.393 e. The molecule has 0 spiro atoms. The number of likely N-dealkylation sites (tertiary alicyclic amines) is 1. The Balaban J connectivity index is 1.97. The zero-order valence-electron chi connectivity index (χ0n) is 9.19. The lowest BCUT2D eigenvalue weighted by molar-refractivity contribution is 0.0715. The highest BCUT2D eigenvalue weighted by Gasteiger charge is 2.25. The van der Waals surface area contributed by atoms with Gasteiger partial charge in [0.05, 0.1) is 14.2 Å². The van der Waals surface area contributed by atoms with Crippen molar-refractivity contribution in [1.29, 1.82) is 0 Å². The predicted octanol–water partition coefficient (Wildman–Crippen LogP) is 2.54. The van der Waals surface area contributed by atoms with Gasteiger partial charge in [0, 0.05) is 19.0 Å². The minimum absolute atomic E-state index is 0.0586. The Labute approximate surface area is 115 Å². The van der Waals surface area contributed by atoms with E-state index in [1.54, 1.807) is 12.1 Å². The SMILES string of the molecule is NC(=S)C1CCN(C(=O)c2ccc(Cl)s2)CC1. The number of thiocarbonyl (C=S) groups is 1. The molecule has 1 aliphatic heterocycles. The fraction of sp³-hybridized carbons (Fsp3) is 0.455. The van der Waals surface area contributed by atoms with Crippen LogP contribution in [0.25, 0.3) is 0 Å². The molecule has 0 saturated carbocycles. The van der Waals surface area contributed by atoms with Crippen LogP contribution in [-0.2, 0) is 0 Å². The van der Waals surface area contributed by atoms with Gasteiger partial charge in [-0.3, -0.25) is 4.79 Å². The lowest BCUT2D eigenvalue weighted by Gasteiger charge is -2.31. The van der Waals surface area contributed by atoms with Crippen LogP contribution in [-0.4, -0.2) is 28.9 Å². The maximum absolute atomic E-state index is 12.1. The number of hydrogen-bond donors (Lipinski definition) is 1. The second-order valence-corrected chi connectivity index (χ2v) is 6.26. The maximum Gasteiger partial charge on any atom is 0.263 e. The molecule has 1 amide bonds. The van der Waals surface area contributed by atoms with Crippen molar-refractivity contribution in [3.05, 3.63) is 21.3 Å². The van der Waals surface area contributed by atoms with Crippen molar-refractivity contribution in [2.24, 2.45) is 11.7 Å². The van der Waals surface area contributed by atoms with Crippen molar-refractivity contribution in [3.8, 4) is 0 Å². The summed E-state index contributed by atoms with van der Waals surface area (Å²) in [4.78, 5) is 15.2. The molecule has 3 nitrogen and oxygen atoms in total. The second-order valence-electron chi connectivity index (χ2n) is 4.07. The number of hydrogen-bond acceptors (Lipinski definition) is 3. The van der Waals surface area contributed by atoms with Gasteiger partial charge >= 0.3 is 0 Å². The number of rotatable bonds is 2. The van der Waals surface area contributed by atoms with Crippen molar-refractivity contribution in [3.63, 3.8) is 0 Å². The van der Waals surface area contributed by atoms with Crippen LogP contribution in [0, 0.1) is 5.92 Å². The van der Waals surface area contributed by atoms with Crippen LogP contribution >= 0.6 is 35.2 Å². The average Bonchev–Trinajstić information content (AvgIpc) is 2.75. The van der Waals surface area contributed by atoms with Crippen molar-refractivity contribution in [2.45, 2.75) is 12.8 Å². The van der Waals surface area contributed by atoms with Crippen molar-refractivity contribution in [2.75, 3.05) is 13.1 Å². The predicted molar refractivity (Wildman–Crippen MR) is 74.7 cm³/mol. The lowest BCUT2D eigenvalue weighted by Crippen LogP contribution is -2.41. The van der Waals surface area contributed by atoms with Crippen LogP contribution in [0.3, 0.4) is 0 Å². The van der Waals surface area contributed by atoms with E-state index in [0.717, 1.165) is 25.9 Å². The zero-order valence-corrected chi connectivity index (χ0v) is 11.6. The second kappa shape index (κ2) is 5.33. The first-order chi connectivity index (χ1) is 8.08. The van der Waals surface area contributed by atoms with Crippen LogP contribution in [0.5, 0.6) is 0 Å². The number of halogens is 1. The molecule has 2 N–H and O–H groups in total. The topological polar surface area (TPSA) is 46.3 Å². The molecule has 2 heterocycles. The van der Waals surface area contributed by atoms with Gasteiger partial charge in [-0.2, -0.15) is 0 Å². The molecule has 0 unspecified atom stereocenters. The van der Waals surface area contributed by atoms with Crippen molar-refractivity contribution < 1.29 is 4.79 Å². The quantitative estimate of drug-likeness (QED) is 0.851. The van der Waals surface area contributed by atoms with Crippen LogP contribution in [0.2, 0.25) is 4.34 Å².